The van der Waals surface area contributed by atoms with Crippen LogP contribution < -0.4 is 5.56 Å². The van der Waals surface area contributed by atoms with E-state index in [-0.39, 0.29) is 23.9 Å². The molecule has 1 amide bonds. The van der Waals surface area contributed by atoms with Gasteiger partial charge in [-0.2, -0.15) is 5.10 Å². The number of carbonyl (C=O) groups excluding carboxylic acids is 1. The zero-order valence-corrected chi connectivity index (χ0v) is 13.9. The number of nitrogens with zero attached hydrogens (tertiary/aromatic N) is 3. The maximum absolute atomic E-state index is 12.7. The number of likely N-dealkylation sites (tertiary alicyclic amines) is 1. The number of carbonyl (C=O) groups is 2. The Bertz CT molecular complexity index is 854. The molecule has 8 heteroatoms. The molecule has 1 aliphatic rings. The third-order valence-electron chi connectivity index (χ3n) is 4.39. The molecule has 0 saturated carbocycles. The first-order valence-corrected chi connectivity index (χ1v) is 8.18. The fourth-order valence-corrected chi connectivity index (χ4v) is 3.34. The largest absolute Gasteiger partial charge is 0.480 e. The van der Waals surface area contributed by atoms with Gasteiger partial charge in [0.15, 0.2) is 0 Å². The fourth-order valence-electron chi connectivity index (χ4n) is 3.34. The van der Waals surface area contributed by atoms with E-state index in [1.807, 2.05) is 0 Å². The molecule has 132 valence electrons. The molecule has 2 aromatic heterocycles. The highest BCUT2D eigenvalue weighted by Gasteiger charge is 2.28. The van der Waals surface area contributed by atoms with Gasteiger partial charge in [-0.25, -0.2) is 0 Å². The van der Waals surface area contributed by atoms with Gasteiger partial charge in [0.1, 0.15) is 6.54 Å². The van der Waals surface area contributed by atoms with Crippen LogP contribution in [0.25, 0.3) is 0 Å². The molecule has 0 radical (unpaired) electrons. The molecule has 2 N–H and O–H groups in total. The summed E-state index contributed by atoms with van der Waals surface area (Å²) >= 11 is 0. The summed E-state index contributed by atoms with van der Waals surface area (Å²) in [5, 5.41) is 13.1. The Balaban J connectivity index is 1.79. The van der Waals surface area contributed by atoms with Gasteiger partial charge in [0.25, 0.3) is 5.91 Å². The van der Waals surface area contributed by atoms with Gasteiger partial charge in [-0.3, -0.25) is 19.1 Å². The topological polar surface area (TPSA) is 108 Å². The summed E-state index contributed by atoms with van der Waals surface area (Å²) in [5.41, 5.74) is 1.54. The molecule has 3 heterocycles. The van der Waals surface area contributed by atoms with Crippen molar-refractivity contribution in [2.45, 2.75) is 32.2 Å². The number of aromatic nitrogens is 3. The van der Waals surface area contributed by atoms with Gasteiger partial charge >= 0.3 is 5.97 Å². The van der Waals surface area contributed by atoms with Crippen LogP contribution in [0.3, 0.4) is 0 Å². The van der Waals surface area contributed by atoms with Crippen LogP contribution in [0, 0.1) is 6.92 Å². The van der Waals surface area contributed by atoms with E-state index in [1.54, 1.807) is 30.2 Å². The van der Waals surface area contributed by atoms with Crippen molar-refractivity contribution in [3.05, 3.63) is 51.7 Å². The number of rotatable bonds is 4. The Morgan fingerprint density at radius 3 is 2.92 bits per heavy atom. The number of amides is 1. The van der Waals surface area contributed by atoms with Crippen LogP contribution in [0.2, 0.25) is 0 Å². The van der Waals surface area contributed by atoms with Gasteiger partial charge in [0.05, 0.1) is 0 Å². The summed E-state index contributed by atoms with van der Waals surface area (Å²) in [6, 6.07) is 4.79. The van der Waals surface area contributed by atoms with Crippen molar-refractivity contribution in [1.29, 1.82) is 0 Å². The SMILES string of the molecule is Cc1cc(C(=O)N2CCCC(c3ccnn3CC(=O)O)C2)cc(=O)[nH]1. The second kappa shape index (κ2) is 6.92. The van der Waals surface area contributed by atoms with Crippen LogP contribution in [0.15, 0.2) is 29.2 Å². The molecule has 1 unspecified atom stereocenters. The first-order valence-electron chi connectivity index (χ1n) is 8.18. The first-order chi connectivity index (χ1) is 11.9. The van der Waals surface area contributed by atoms with Crippen LogP contribution in [-0.4, -0.2) is 49.7 Å². The lowest BCUT2D eigenvalue weighted by molar-refractivity contribution is -0.137. The van der Waals surface area contributed by atoms with E-state index in [2.05, 4.69) is 10.1 Å². The van der Waals surface area contributed by atoms with Crippen LogP contribution in [0.4, 0.5) is 0 Å². The highest BCUT2D eigenvalue weighted by Crippen LogP contribution is 2.27. The van der Waals surface area contributed by atoms with E-state index in [0.29, 0.717) is 24.3 Å². The van der Waals surface area contributed by atoms with Crippen molar-refractivity contribution >= 4 is 11.9 Å². The van der Waals surface area contributed by atoms with Crippen LogP contribution in [0.1, 0.15) is 40.5 Å². The Labute approximate surface area is 144 Å². The van der Waals surface area contributed by atoms with Gasteiger partial charge in [-0.15, -0.1) is 0 Å². The predicted octanol–water partition coefficient (Wildman–Crippen LogP) is 0.984. The number of hydrogen-bond acceptors (Lipinski definition) is 4. The molecule has 2 aromatic rings. The minimum atomic E-state index is -0.951. The van der Waals surface area contributed by atoms with Crippen LogP contribution >= 0.6 is 0 Å². The Morgan fingerprint density at radius 1 is 1.40 bits per heavy atom. The van der Waals surface area contributed by atoms with E-state index >= 15 is 0 Å². The molecule has 8 nitrogen and oxygen atoms in total. The minimum absolute atomic E-state index is 0.0302. The third-order valence-corrected chi connectivity index (χ3v) is 4.39. The quantitative estimate of drug-likeness (QED) is 0.860. The van der Waals surface area contributed by atoms with E-state index in [1.165, 1.54) is 10.7 Å². The van der Waals surface area contributed by atoms with Crippen molar-refractivity contribution in [1.82, 2.24) is 19.7 Å². The summed E-state index contributed by atoms with van der Waals surface area (Å²) < 4.78 is 1.47. The smallest absolute Gasteiger partial charge is 0.325 e. The molecule has 0 aliphatic carbocycles. The van der Waals surface area contributed by atoms with Crippen molar-refractivity contribution in [3.63, 3.8) is 0 Å². The van der Waals surface area contributed by atoms with E-state index in [0.717, 1.165) is 18.5 Å². The number of aryl methyl sites for hydroxylation is 1. The number of hydrogen-bond donors (Lipinski definition) is 2. The fraction of sp³-hybridized carbons (Fsp3) is 0.412. The maximum Gasteiger partial charge on any atom is 0.325 e. The highest BCUT2D eigenvalue weighted by atomic mass is 16.4. The Hall–Kier alpha value is -2.90. The number of piperidine rings is 1. The standard InChI is InChI=1S/C17H20N4O4/c1-11-7-13(8-15(22)19-11)17(25)20-6-2-3-12(9-20)14-4-5-18-21(14)10-16(23)24/h4-5,7-8,12H,2-3,6,9-10H2,1H3,(H,19,22)(H,23,24). The summed E-state index contributed by atoms with van der Waals surface area (Å²) in [4.78, 5) is 39.7. The molecule has 1 fully saturated rings. The van der Waals surface area contributed by atoms with E-state index < -0.39 is 5.97 Å². The number of H-pyrrole nitrogens is 1. The van der Waals surface area contributed by atoms with Gasteiger partial charge in [0, 0.05) is 48.2 Å². The lowest BCUT2D eigenvalue weighted by atomic mass is 9.94. The highest BCUT2D eigenvalue weighted by molar-refractivity contribution is 5.94. The number of carboxylic acid groups (broad SMARTS) is 1. The van der Waals surface area contributed by atoms with Crippen molar-refractivity contribution < 1.29 is 14.7 Å². The zero-order chi connectivity index (χ0) is 18.0. The molecule has 25 heavy (non-hydrogen) atoms. The minimum Gasteiger partial charge on any atom is -0.480 e. The molecular formula is C17H20N4O4. The van der Waals surface area contributed by atoms with E-state index in [9.17, 15) is 14.4 Å². The zero-order valence-electron chi connectivity index (χ0n) is 13.9. The second-order valence-corrected chi connectivity index (χ2v) is 6.31. The third kappa shape index (κ3) is 3.78. The van der Waals surface area contributed by atoms with Gasteiger partial charge in [-0.05, 0) is 31.9 Å². The average Bonchev–Trinajstić information content (AvgIpc) is 3.00. The lowest BCUT2D eigenvalue weighted by Gasteiger charge is -2.33. The number of carboxylic acids is 1. The second-order valence-electron chi connectivity index (χ2n) is 6.31. The summed E-state index contributed by atoms with van der Waals surface area (Å²) in [6.45, 7) is 2.64. The summed E-state index contributed by atoms with van der Waals surface area (Å²) in [7, 11) is 0. The Morgan fingerprint density at radius 2 is 2.20 bits per heavy atom. The Kier molecular flexibility index (Phi) is 4.69. The molecule has 1 atom stereocenters. The van der Waals surface area contributed by atoms with Gasteiger partial charge in [-0.1, -0.05) is 0 Å². The maximum atomic E-state index is 12.7. The van der Waals surface area contributed by atoms with Crippen LogP contribution in [-0.2, 0) is 11.3 Å². The van der Waals surface area contributed by atoms with Gasteiger partial charge < -0.3 is 15.0 Å². The number of aliphatic carboxylic acids is 1. The van der Waals surface area contributed by atoms with Gasteiger partial charge in [0.2, 0.25) is 5.56 Å². The number of nitrogens with one attached hydrogen (secondary N) is 1. The average molecular weight is 344 g/mol. The van der Waals surface area contributed by atoms with E-state index in [4.69, 9.17) is 5.11 Å². The lowest BCUT2D eigenvalue weighted by Crippen LogP contribution is -2.40. The van der Waals surface area contributed by atoms with Crippen molar-refractivity contribution in [2.75, 3.05) is 13.1 Å². The monoisotopic (exact) mass is 344 g/mol. The number of pyridine rings is 1. The number of aromatic amines is 1. The van der Waals surface area contributed by atoms with Crippen molar-refractivity contribution in [3.8, 4) is 0 Å². The predicted molar refractivity (Wildman–Crippen MR) is 89.5 cm³/mol. The molecule has 0 spiro atoms. The first kappa shape index (κ1) is 16.9. The summed E-state index contributed by atoms with van der Waals surface area (Å²) in [6.07, 6.45) is 3.26. The van der Waals surface area contributed by atoms with Crippen LogP contribution in [0.5, 0.6) is 0 Å². The van der Waals surface area contributed by atoms with Crippen molar-refractivity contribution in [2.24, 2.45) is 0 Å². The normalized spacial score (nSPS) is 17.5. The molecule has 0 bridgehead atoms. The molecule has 0 aromatic carbocycles. The molecule has 1 aliphatic heterocycles. The summed E-state index contributed by atoms with van der Waals surface area (Å²) in [5.74, 6) is -1.10. The molecule has 1 saturated heterocycles. The molecular weight excluding hydrogens is 324 g/mol. The molecule has 3 rings (SSSR count).